The highest BCUT2D eigenvalue weighted by molar-refractivity contribution is 7.99. The van der Waals surface area contributed by atoms with Gasteiger partial charge < -0.3 is 15.2 Å². The Morgan fingerprint density at radius 1 is 1.15 bits per heavy atom. The molecule has 0 bridgehead atoms. The SMILES string of the molecule is C[C@H](NC(=O)c1ccc(Cl)cc1Cl)c1nnc(SCC(=O)Nc2cc([N+](=O)[O-])ccc2Cl)n1C. The Kier molecular flexibility index (Phi) is 8.37. The molecule has 0 radical (unpaired) electrons. The Balaban J connectivity index is 1.62. The molecule has 0 aliphatic heterocycles. The van der Waals surface area contributed by atoms with Gasteiger partial charge in [-0.2, -0.15) is 0 Å². The number of hydrogen-bond donors (Lipinski definition) is 2. The van der Waals surface area contributed by atoms with E-state index in [0.717, 1.165) is 11.8 Å². The number of nitrogens with one attached hydrogen (secondary N) is 2. The second-order valence-electron chi connectivity index (χ2n) is 6.98. The summed E-state index contributed by atoms with van der Waals surface area (Å²) in [5.74, 6) is -0.426. The third kappa shape index (κ3) is 6.17. The lowest BCUT2D eigenvalue weighted by molar-refractivity contribution is -0.384. The van der Waals surface area contributed by atoms with Gasteiger partial charge in [0.15, 0.2) is 11.0 Å². The number of amides is 2. The van der Waals surface area contributed by atoms with Crippen LogP contribution in [0.25, 0.3) is 0 Å². The molecule has 34 heavy (non-hydrogen) atoms. The molecule has 0 saturated heterocycles. The normalized spacial score (nSPS) is 11.7. The summed E-state index contributed by atoms with van der Waals surface area (Å²) in [6, 6.07) is 7.82. The number of benzene rings is 2. The molecule has 178 valence electrons. The van der Waals surface area contributed by atoms with Crippen molar-refractivity contribution in [1.82, 2.24) is 20.1 Å². The fraction of sp³-hybridized carbons (Fsp3) is 0.200. The van der Waals surface area contributed by atoms with Gasteiger partial charge in [-0.3, -0.25) is 19.7 Å². The van der Waals surface area contributed by atoms with Crippen molar-refractivity contribution < 1.29 is 14.5 Å². The lowest BCUT2D eigenvalue weighted by Gasteiger charge is -2.14. The number of hydrogen-bond acceptors (Lipinski definition) is 7. The number of anilines is 1. The van der Waals surface area contributed by atoms with E-state index >= 15 is 0 Å². The molecule has 0 spiro atoms. The Labute approximate surface area is 213 Å². The van der Waals surface area contributed by atoms with E-state index < -0.39 is 22.8 Å². The number of nitro benzene ring substituents is 1. The summed E-state index contributed by atoms with van der Waals surface area (Å²) >= 11 is 19.1. The van der Waals surface area contributed by atoms with Gasteiger partial charge in [-0.15, -0.1) is 10.2 Å². The van der Waals surface area contributed by atoms with E-state index in [0.29, 0.717) is 16.0 Å². The third-order valence-corrected chi connectivity index (χ3v) is 6.44. The van der Waals surface area contributed by atoms with Crippen LogP contribution in [0.2, 0.25) is 15.1 Å². The van der Waals surface area contributed by atoms with Gasteiger partial charge in [-0.05, 0) is 31.2 Å². The zero-order chi connectivity index (χ0) is 25.0. The lowest BCUT2D eigenvalue weighted by Crippen LogP contribution is -2.28. The average Bonchev–Trinajstić information content (AvgIpc) is 3.13. The van der Waals surface area contributed by atoms with Gasteiger partial charge in [0, 0.05) is 24.2 Å². The predicted octanol–water partition coefficient (Wildman–Crippen LogP) is 4.91. The molecule has 3 rings (SSSR count). The summed E-state index contributed by atoms with van der Waals surface area (Å²) < 4.78 is 1.65. The Morgan fingerprint density at radius 2 is 1.88 bits per heavy atom. The van der Waals surface area contributed by atoms with E-state index in [-0.39, 0.29) is 32.7 Å². The van der Waals surface area contributed by atoms with E-state index in [2.05, 4.69) is 20.8 Å². The number of non-ortho nitro benzene ring substituents is 1. The van der Waals surface area contributed by atoms with E-state index in [9.17, 15) is 19.7 Å². The van der Waals surface area contributed by atoms with Crippen molar-refractivity contribution in [2.24, 2.45) is 7.05 Å². The predicted molar refractivity (Wildman–Crippen MR) is 131 cm³/mol. The monoisotopic (exact) mass is 542 g/mol. The van der Waals surface area contributed by atoms with Crippen LogP contribution in [0.15, 0.2) is 41.6 Å². The molecule has 1 atom stereocenters. The first-order valence-corrected chi connectivity index (χ1v) is 11.7. The summed E-state index contributed by atoms with van der Waals surface area (Å²) in [5, 5.41) is 25.7. The molecule has 0 unspecified atom stereocenters. The molecule has 0 aliphatic carbocycles. The molecule has 0 aliphatic rings. The molecule has 10 nitrogen and oxygen atoms in total. The second kappa shape index (κ2) is 11.0. The molecule has 1 heterocycles. The minimum absolute atomic E-state index is 0.0495. The molecule has 14 heteroatoms. The number of aromatic nitrogens is 3. The second-order valence-corrected chi connectivity index (χ2v) is 9.17. The van der Waals surface area contributed by atoms with Crippen LogP contribution in [0, 0.1) is 10.1 Å². The zero-order valence-electron chi connectivity index (χ0n) is 17.7. The summed E-state index contributed by atoms with van der Waals surface area (Å²) in [6.45, 7) is 1.73. The van der Waals surface area contributed by atoms with Gasteiger partial charge in [-0.25, -0.2) is 0 Å². The van der Waals surface area contributed by atoms with Gasteiger partial charge in [0.2, 0.25) is 5.91 Å². The summed E-state index contributed by atoms with van der Waals surface area (Å²) in [4.78, 5) is 35.2. The standard InChI is InChI=1S/C20H17Cl3N6O4S/c1-10(24-19(31)13-5-3-11(21)7-15(13)23)18-26-27-20(28(18)2)34-9-17(30)25-16-8-12(29(32)33)4-6-14(16)22/h3-8,10H,9H2,1-2H3,(H,24,31)(H,25,30)/t10-/m0/s1. The number of nitrogens with zero attached hydrogens (tertiary/aromatic N) is 4. The molecule has 2 N–H and O–H groups in total. The van der Waals surface area contributed by atoms with Crippen molar-refractivity contribution in [1.29, 1.82) is 0 Å². The smallest absolute Gasteiger partial charge is 0.271 e. The number of rotatable bonds is 8. The highest BCUT2D eigenvalue weighted by Gasteiger charge is 2.20. The largest absolute Gasteiger partial charge is 0.342 e. The van der Waals surface area contributed by atoms with Crippen LogP contribution in [0.1, 0.15) is 29.1 Å². The maximum Gasteiger partial charge on any atom is 0.271 e. The van der Waals surface area contributed by atoms with Gasteiger partial charge >= 0.3 is 0 Å². The van der Waals surface area contributed by atoms with Crippen molar-refractivity contribution in [3.63, 3.8) is 0 Å². The maximum atomic E-state index is 12.6. The van der Waals surface area contributed by atoms with Gasteiger partial charge in [0.05, 0.1) is 38.0 Å². The number of thioether (sulfide) groups is 1. The third-order valence-electron chi connectivity index (χ3n) is 4.55. The first-order valence-electron chi connectivity index (χ1n) is 9.58. The number of carbonyl (C=O) groups excluding carboxylic acids is 2. The number of carbonyl (C=O) groups is 2. The van der Waals surface area contributed by atoms with Crippen LogP contribution in [-0.4, -0.2) is 37.3 Å². The Hall–Kier alpha value is -2.86. The van der Waals surface area contributed by atoms with E-state index in [1.165, 1.54) is 30.3 Å². The molecule has 1 aromatic heterocycles. The van der Waals surface area contributed by atoms with Gasteiger partial charge in [0.25, 0.3) is 11.6 Å². The topological polar surface area (TPSA) is 132 Å². The molecular formula is C20H17Cl3N6O4S. The highest BCUT2D eigenvalue weighted by Crippen LogP contribution is 2.27. The molecule has 2 aromatic carbocycles. The number of nitro groups is 1. The van der Waals surface area contributed by atoms with Crippen LogP contribution in [0.4, 0.5) is 11.4 Å². The summed E-state index contributed by atoms with van der Waals surface area (Å²) in [7, 11) is 1.70. The highest BCUT2D eigenvalue weighted by atomic mass is 35.5. The summed E-state index contributed by atoms with van der Waals surface area (Å²) in [5.41, 5.74) is 0.213. The number of halogens is 3. The minimum atomic E-state index is -0.581. The van der Waals surface area contributed by atoms with Gasteiger partial charge in [-0.1, -0.05) is 46.6 Å². The molecule has 0 fully saturated rings. The van der Waals surface area contributed by atoms with E-state index in [1.54, 1.807) is 24.6 Å². The van der Waals surface area contributed by atoms with E-state index in [1.807, 2.05) is 0 Å². The van der Waals surface area contributed by atoms with E-state index in [4.69, 9.17) is 34.8 Å². The van der Waals surface area contributed by atoms with Crippen LogP contribution in [-0.2, 0) is 11.8 Å². The van der Waals surface area contributed by atoms with Gasteiger partial charge in [0.1, 0.15) is 0 Å². The van der Waals surface area contributed by atoms with Crippen LogP contribution >= 0.6 is 46.6 Å². The van der Waals surface area contributed by atoms with Crippen molar-refractivity contribution in [2.75, 3.05) is 11.1 Å². The van der Waals surface area contributed by atoms with Crippen LogP contribution < -0.4 is 10.6 Å². The molecule has 2 amide bonds. The molecule has 3 aromatic rings. The first kappa shape index (κ1) is 25.8. The Morgan fingerprint density at radius 3 is 2.56 bits per heavy atom. The molecular weight excluding hydrogens is 527 g/mol. The average molecular weight is 544 g/mol. The van der Waals surface area contributed by atoms with Crippen LogP contribution in [0.3, 0.4) is 0 Å². The fourth-order valence-electron chi connectivity index (χ4n) is 2.88. The Bertz CT molecular complexity index is 1270. The van der Waals surface area contributed by atoms with Crippen molar-refractivity contribution in [2.45, 2.75) is 18.1 Å². The first-order chi connectivity index (χ1) is 16.1. The van der Waals surface area contributed by atoms with Crippen molar-refractivity contribution >= 4 is 69.8 Å². The van der Waals surface area contributed by atoms with Crippen molar-refractivity contribution in [3.8, 4) is 0 Å². The molecule has 0 saturated carbocycles. The van der Waals surface area contributed by atoms with Crippen LogP contribution in [0.5, 0.6) is 0 Å². The summed E-state index contributed by atoms with van der Waals surface area (Å²) in [6.07, 6.45) is 0. The fourth-order valence-corrected chi connectivity index (χ4v) is 4.26. The maximum absolute atomic E-state index is 12.6. The quantitative estimate of drug-likeness (QED) is 0.234. The zero-order valence-corrected chi connectivity index (χ0v) is 20.8. The van der Waals surface area contributed by atoms with Crippen molar-refractivity contribution in [3.05, 3.63) is 73.0 Å². The minimum Gasteiger partial charge on any atom is -0.342 e. The lowest BCUT2D eigenvalue weighted by atomic mass is 10.2.